The summed E-state index contributed by atoms with van der Waals surface area (Å²) in [5, 5.41) is 0.641. The molecular weight excluding hydrogens is 390 g/mol. The van der Waals surface area contributed by atoms with Gasteiger partial charge >= 0.3 is 11.7 Å². The van der Waals surface area contributed by atoms with Crippen molar-refractivity contribution in [2.75, 3.05) is 26.2 Å². The molecule has 1 atom stereocenters. The van der Waals surface area contributed by atoms with E-state index < -0.39 is 11.7 Å². The molecule has 0 aromatic carbocycles. The van der Waals surface area contributed by atoms with Crippen LogP contribution in [0.2, 0.25) is 0 Å². The molecule has 0 spiro atoms. The van der Waals surface area contributed by atoms with Crippen molar-refractivity contribution in [3.63, 3.8) is 0 Å². The van der Waals surface area contributed by atoms with Crippen molar-refractivity contribution in [1.29, 1.82) is 0 Å². The van der Waals surface area contributed by atoms with Gasteiger partial charge in [-0.1, -0.05) is 6.92 Å². The monoisotopic (exact) mass is 419 g/mol. The van der Waals surface area contributed by atoms with Gasteiger partial charge in [0.05, 0.1) is 12.0 Å². The molecule has 2 aromatic heterocycles. The molecular formula is C21H29N3O4S. The Kier molecular flexibility index (Phi) is 5.92. The number of carbonyl (C=O) groups excluding carboxylic acids is 1. The minimum atomic E-state index is -0.547. The molecule has 29 heavy (non-hydrogen) atoms. The fourth-order valence-electron chi connectivity index (χ4n) is 4.53. The van der Waals surface area contributed by atoms with Crippen LogP contribution in [0.3, 0.4) is 0 Å². The van der Waals surface area contributed by atoms with E-state index in [2.05, 4.69) is 11.8 Å². The van der Waals surface area contributed by atoms with Crippen molar-refractivity contribution in [3.8, 4) is 0 Å². The number of esters is 1. The first kappa shape index (κ1) is 20.3. The van der Waals surface area contributed by atoms with Gasteiger partial charge in [-0.15, -0.1) is 11.3 Å². The molecule has 0 amide bonds. The molecule has 8 heteroatoms. The van der Waals surface area contributed by atoms with Crippen LogP contribution in [0.1, 0.15) is 43.6 Å². The minimum absolute atomic E-state index is 0.227. The van der Waals surface area contributed by atoms with Crippen molar-refractivity contribution < 1.29 is 9.53 Å². The van der Waals surface area contributed by atoms with E-state index in [1.54, 1.807) is 22.8 Å². The van der Waals surface area contributed by atoms with Crippen LogP contribution in [0.25, 0.3) is 10.2 Å². The number of aromatic nitrogens is 2. The SMILES string of the molecule is CCOC(=O)Cn1c(=O)c2c3c(sc2n(CCN2CCCC2)c1=O)CCC(C)C3. The second-order valence-corrected chi connectivity index (χ2v) is 9.29. The molecule has 1 saturated heterocycles. The predicted molar refractivity (Wildman–Crippen MR) is 114 cm³/mol. The Hall–Kier alpha value is -1.93. The van der Waals surface area contributed by atoms with Crippen LogP contribution < -0.4 is 11.2 Å². The molecule has 1 aliphatic heterocycles. The first-order valence-electron chi connectivity index (χ1n) is 10.7. The summed E-state index contributed by atoms with van der Waals surface area (Å²) < 4.78 is 7.81. The van der Waals surface area contributed by atoms with Crippen LogP contribution in [0.15, 0.2) is 9.59 Å². The molecule has 0 N–H and O–H groups in total. The van der Waals surface area contributed by atoms with Gasteiger partial charge in [0.25, 0.3) is 5.56 Å². The van der Waals surface area contributed by atoms with E-state index in [9.17, 15) is 14.4 Å². The number of thiophene rings is 1. The van der Waals surface area contributed by atoms with Gasteiger partial charge in [-0.25, -0.2) is 9.36 Å². The van der Waals surface area contributed by atoms with Crippen LogP contribution in [0, 0.1) is 5.92 Å². The number of nitrogens with zero attached hydrogens (tertiary/aromatic N) is 3. The standard InChI is InChI=1S/C21H29N3O4S/c1-3-28-17(25)13-24-19(26)18-15-12-14(2)6-7-16(15)29-20(18)23(21(24)27)11-10-22-8-4-5-9-22/h14H,3-13H2,1-2H3. The Labute approximate surface area is 173 Å². The van der Waals surface area contributed by atoms with Crippen molar-refractivity contribution in [2.24, 2.45) is 5.92 Å². The summed E-state index contributed by atoms with van der Waals surface area (Å²) in [7, 11) is 0. The van der Waals surface area contributed by atoms with Gasteiger partial charge < -0.3 is 9.64 Å². The minimum Gasteiger partial charge on any atom is -0.465 e. The number of carbonyl (C=O) groups is 1. The average molecular weight is 420 g/mol. The zero-order valence-corrected chi connectivity index (χ0v) is 18.1. The normalized spacial score (nSPS) is 19.6. The smallest absolute Gasteiger partial charge is 0.332 e. The Morgan fingerprint density at radius 2 is 1.93 bits per heavy atom. The first-order valence-corrected chi connectivity index (χ1v) is 11.5. The number of rotatable bonds is 6. The van der Waals surface area contributed by atoms with Gasteiger partial charge in [0.2, 0.25) is 0 Å². The summed E-state index contributed by atoms with van der Waals surface area (Å²) in [6, 6.07) is 0. The van der Waals surface area contributed by atoms with Gasteiger partial charge in [0.15, 0.2) is 0 Å². The van der Waals surface area contributed by atoms with Gasteiger partial charge in [0, 0.05) is 18.0 Å². The molecule has 2 aliphatic rings. The van der Waals surface area contributed by atoms with Crippen LogP contribution >= 0.6 is 11.3 Å². The van der Waals surface area contributed by atoms with Crippen LogP contribution in [0.4, 0.5) is 0 Å². The highest BCUT2D eigenvalue weighted by atomic mass is 32.1. The maximum Gasteiger partial charge on any atom is 0.332 e. The van der Waals surface area contributed by atoms with E-state index in [4.69, 9.17) is 4.74 Å². The number of likely N-dealkylation sites (tertiary alicyclic amines) is 1. The first-order chi connectivity index (χ1) is 14.0. The van der Waals surface area contributed by atoms with Crippen LogP contribution in [-0.4, -0.2) is 46.2 Å². The lowest BCUT2D eigenvalue weighted by Crippen LogP contribution is -2.43. The Morgan fingerprint density at radius 3 is 2.66 bits per heavy atom. The summed E-state index contributed by atoms with van der Waals surface area (Å²) in [6.07, 6.45) is 5.30. The molecule has 1 aliphatic carbocycles. The molecule has 7 nitrogen and oxygen atoms in total. The molecule has 1 fully saturated rings. The molecule has 0 saturated carbocycles. The number of hydrogen-bond acceptors (Lipinski definition) is 6. The number of aryl methyl sites for hydroxylation is 1. The fourth-order valence-corrected chi connectivity index (χ4v) is 5.88. The molecule has 0 bridgehead atoms. The van der Waals surface area contributed by atoms with Gasteiger partial charge in [-0.2, -0.15) is 0 Å². The lowest BCUT2D eigenvalue weighted by Gasteiger charge is -2.18. The largest absolute Gasteiger partial charge is 0.465 e. The molecule has 158 valence electrons. The summed E-state index contributed by atoms with van der Waals surface area (Å²) in [5.74, 6) is -0.0298. The fraction of sp³-hybridized carbons (Fsp3) is 0.667. The Bertz CT molecular complexity index is 1030. The molecule has 0 radical (unpaired) electrons. The van der Waals surface area contributed by atoms with Crippen molar-refractivity contribution in [2.45, 2.75) is 59.0 Å². The number of hydrogen-bond donors (Lipinski definition) is 0. The third-order valence-corrected chi connectivity index (χ3v) is 7.40. The molecule has 3 heterocycles. The summed E-state index contributed by atoms with van der Waals surface area (Å²) >= 11 is 1.59. The molecule has 4 rings (SSSR count). The maximum atomic E-state index is 13.3. The van der Waals surface area contributed by atoms with E-state index in [0.717, 1.165) is 53.9 Å². The predicted octanol–water partition coefficient (Wildman–Crippen LogP) is 2.01. The highest BCUT2D eigenvalue weighted by Crippen LogP contribution is 2.36. The lowest BCUT2D eigenvalue weighted by molar-refractivity contribution is -0.143. The van der Waals surface area contributed by atoms with E-state index in [-0.39, 0.29) is 18.7 Å². The van der Waals surface area contributed by atoms with Crippen molar-refractivity contribution >= 4 is 27.5 Å². The third kappa shape index (κ3) is 3.92. The van der Waals surface area contributed by atoms with Gasteiger partial charge in [-0.05, 0) is 63.6 Å². The molecule has 2 aromatic rings. The Morgan fingerprint density at radius 1 is 1.17 bits per heavy atom. The zero-order valence-electron chi connectivity index (χ0n) is 17.2. The second kappa shape index (κ2) is 8.44. The zero-order chi connectivity index (χ0) is 20.5. The second-order valence-electron chi connectivity index (χ2n) is 8.21. The average Bonchev–Trinajstić information content (AvgIpc) is 3.33. The van der Waals surface area contributed by atoms with Crippen molar-refractivity contribution in [1.82, 2.24) is 14.0 Å². The van der Waals surface area contributed by atoms with Crippen LogP contribution in [0.5, 0.6) is 0 Å². The topological polar surface area (TPSA) is 73.5 Å². The van der Waals surface area contributed by atoms with E-state index in [0.29, 0.717) is 17.8 Å². The molecule has 1 unspecified atom stereocenters. The van der Waals surface area contributed by atoms with E-state index >= 15 is 0 Å². The third-order valence-electron chi connectivity index (χ3n) is 6.09. The summed E-state index contributed by atoms with van der Waals surface area (Å²) in [4.78, 5) is 42.9. The summed E-state index contributed by atoms with van der Waals surface area (Å²) in [5.41, 5.74) is 0.338. The van der Waals surface area contributed by atoms with Crippen molar-refractivity contribution in [3.05, 3.63) is 31.3 Å². The van der Waals surface area contributed by atoms with Gasteiger partial charge in [0.1, 0.15) is 11.4 Å². The van der Waals surface area contributed by atoms with E-state index in [1.807, 2.05) is 0 Å². The van der Waals surface area contributed by atoms with E-state index in [1.165, 1.54) is 17.7 Å². The van der Waals surface area contributed by atoms with Crippen LogP contribution in [-0.2, 0) is 35.5 Å². The number of fused-ring (bicyclic) bond motifs is 3. The highest BCUT2D eigenvalue weighted by molar-refractivity contribution is 7.18. The van der Waals surface area contributed by atoms with Gasteiger partial charge in [-0.3, -0.25) is 14.2 Å². The maximum absolute atomic E-state index is 13.3. The Balaban J connectivity index is 1.83. The number of ether oxygens (including phenoxy) is 1. The quantitative estimate of drug-likeness (QED) is 0.670. The highest BCUT2D eigenvalue weighted by Gasteiger charge is 2.26. The summed E-state index contributed by atoms with van der Waals surface area (Å²) in [6.45, 7) is 7.24. The lowest BCUT2D eigenvalue weighted by atomic mass is 9.89.